The van der Waals surface area contributed by atoms with Gasteiger partial charge in [0, 0.05) is 11.3 Å². The fourth-order valence-corrected chi connectivity index (χ4v) is 1.82. The van der Waals surface area contributed by atoms with E-state index in [0.29, 0.717) is 11.3 Å². The Hall–Kier alpha value is -2.76. The van der Waals surface area contributed by atoms with Crippen molar-refractivity contribution < 1.29 is 13.3 Å². The lowest BCUT2D eigenvalue weighted by Crippen LogP contribution is -1.90. The van der Waals surface area contributed by atoms with Crippen LogP contribution in [-0.4, -0.2) is 10.1 Å². The highest BCUT2D eigenvalue weighted by Gasteiger charge is 2.18. The minimum Gasteiger partial charge on any atom is -0.399 e. The molecule has 0 aliphatic heterocycles. The Morgan fingerprint density at radius 3 is 2.40 bits per heavy atom. The van der Waals surface area contributed by atoms with Crippen LogP contribution in [0.15, 0.2) is 47.0 Å². The zero-order valence-electron chi connectivity index (χ0n) is 10.2. The van der Waals surface area contributed by atoms with Crippen molar-refractivity contribution >= 4 is 5.69 Å². The first-order valence-electron chi connectivity index (χ1n) is 5.79. The first-order chi connectivity index (χ1) is 9.65. The molecule has 20 heavy (non-hydrogen) atoms. The fourth-order valence-electron chi connectivity index (χ4n) is 1.82. The number of nitrogens with zero attached hydrogens (tertiary/aromatic N) is 2. The SMILES string of the molecule is Nc1cccc(-c2noc(-c3c(F)cccc3F)n2)c1. The van der Waals surface area contributed by atoms with Gasteiger partial charge in [-0.3, -0.25) is 0 Å². The van der Waals surface area contributed by atoms with E-state index in [1.54, 1.807) is 24.3 Å². The minimum atomic E-state index is -0.757. The zero-order chi connectivity index (χ0) is 14.1. The summed E-state index contributed by atoms with van der Waals surface area (Å²) < 4.78 is 32.2. The maximum Gasteiger partial charge on any atom is 0.264 e. The van der Waals surface area contributed by atoms with Crippen LogP contribution in [0.2, 0.25) is 0 Å². The Labute approximate surface area is 112 Å². The summed E-state index contributed by atoms with van der Waals surface area (Å²) in [5.74, 6) is -1.51. The number of nitrogens with two attached hydrogens (primary N) is 1. The molecule has 100 valence electrons. The molecule has 0 atom stereocenters. The summed E-state index contributed by atoms with van der Waals surface area (Å²) in [7, 11) is 0. The summed E-state index contributed by atoms with van der Waals surface area (Å²) in [5.41, 5.74) is 6.46. The van der Waals surface area contributed by atoms with Crippen LogP contribution in [0, 0.1) is 11.6 Å². The Bertz CT molecular complexity index is 750. The molecule has 0 aliphatic rings. The van der Waals surface area contributed by atoms with Gasteiger partial charge in [0.1, 0.15) is 17.2 Å². The highest BCUT2D eigenvalue weighted by Crippen LogP contribution is 2.27. The highest BCUT2D eigenvalue weighted by molar-refractivity contribution is 5.63. The third-order valence-electron chi connectivity index (χ3n) is 2.75. The number of anilines is 1. The van der Waals surface area contributed by atoms with E-state index in [0.717, 1.165) is 12.1 Å². The van der Waals surface area contributed by atoms with Gasteiger partial charge in [-0.25, -0.2) is 8.78 Å². The van der Waals surface area contributed by atoms with E-state index in [4.69, 9.17) is 10.3 Å². The second-order valence-electron chi connectivity index (χ2n) is 4.15. The maximum absolute atomic E-state index is 13.6. The Morgan fingerprint density at radius 2 is 1.70 bits per heavy atom. The molecule has 0 bridgehead atoms. The molecule has 0 fully saturated rings. The lowest BCUT2D eigenvalue weighted by atomic mass is 10.2. The number of halogens is 2. The molecule has 0 aliphatic carbocycles. The number of hydrogen-bond donors (Lipinski definition) is 1. The summed E-state index contributed by atoms with van der Waals surface area (Å²) in [4.78, 5) is 4.00. The summed E-state index contributed by atoms with van der Waals surface area (Å²) in [6.07, 6.45) is 0. The van der Waals surface area contributed by atoms with Crippen LogP contribution in [0.1, 0.15) is 0 Å². The van der Waals surface area contributed by atoms with Gasteiger partial charge in [0.2, 0.25) is 5.82 Å². The summed E-state index contributed by atoms with van der Waals surface area (Å²) in [5, 5.41) is 3.71. The van der Waals surface area contributed by atoms with Crippen molar-refractivity contribution in [1.82, 2.24) is 10.1 Å². The molecular weight excluding hydrogens is 264 g/mol. The summed E-state index contributed by atoms with van der Waals surface area (Å²) in [6.45, 7) is 0. The first kappa shape index (κ1) is 12.3. The molecule has 0 spiro atoms. The van der Waals surface area contributed by atoms with Crippen LogP contribution in [0.25, 0.3) is 22.8 Å². The molecule has 2 N–H and O–H groups in total. The van der Waals surface area contributed by atoms with Gasteiger partial charge in [-0.1, -0.05) is 23.4 Å². The largest absolute Gasteiger partial charge is 0.399 e. The van der Waals surface area contributed by atoms with Crippen molar-refractivity contribution in [3.05, 3.63) is 54.1 Å². The van der Waals surface area contributed by atoms with Crippen molar-refractivity contribution in [1.29, 1.82) is 0 Å². The van der Waals surface area contributed by atoms with Crippen LogP contribution in [0.5, 0.6) is 0 Å². The van der Waals surface area contributed by atoms with Gasteiger partial charge in [-0.05, 0) is 24.3 Å². The van der Waals surface area contributed by atoms with Gasteiger partial charge in [-0.15, -0.1) is 0 Å². The molecule has 0 saturated carbocycles. The van der Waals surface area contributed by atoms with Gasteiger partial charge in [0.15, 0.2) is 0 Å². The Morgan fingerprint density at radius 1 is 1.00 bits per heavy atom. The summed E-state index contributed by atoms with van der Waals surface area (Å²) in [6, 6.07) is 10.3. The second-order valence-corrected chi connectivity index (χ2v) is 4.15. The topological polar surface area (TPSA) is 64.9 Å². The van der Waals surface area contributed by atoms with E-state index >= 15 is 0 Å². The van der Waals surface area contributed by atoms with E-state index in [1.807, 2.05) is 0 Å². The van der Waals surface area contributed by atoms with E-state index in [9.17, 15) is 8.78 Å². The molecule has 0 saturated heterocycles. The molecule has 0 unspecified atom stereocenters. The molecule has 4 nitrogen and oxygen atoms in total. The van der Waals surface area contributed by atoms with E-state index in [1.165, 1.54) is 6.07 Å². The van der Waals surface area contributed by atoms with Gasteiger partial charge in [0.05, 0.1) is 0 Å². The van der Waals surface area contributed by atoms with E-state index < -0.39 is 11.6 Å². The third kappa shape index (κ3) is 2.11. The Balaban J connectivity index is 2.07. The molecule has 3 aromatic rings. The molecule has 6 heteroatoms. The van der Waals surface area contributed by atoms with Crippen molar-refractivity contribution in [3.8, 4) is 22.8 Å². The van der Waals surface area contributed by atoms with E-state index in [-0.39, 0.29) is 17.3 Å². The zero-order valence-corrected chi connectivity index (χ0v) is 10.2. The third-order valence-corrected chi connectivity index (χ3v) is 2.75. The number of nitrogen functional groups attached to an aromatic ring is 1. The van der Waals surface area contributed by atoms with Crippen molar-refractivity contribution in [2.75, 3.05) is 5.73 Å². The average molecular weight is 273 g/mol. The molecular formula is C14H9F2N3O. The molecule has 0 radical (unpaired) electrons. The van der Waals surface area contributed by atoms with Crippen LogP contribution < -0.4 is 5.73 Å². The average Bonchev–Trinajstić information content (AvgIpc) is 2.88. The number of benzene rings is 2. The number of aromatic nitrogens is 2. The summed E-state index contributed by atoms with van der Waals surface area (Å²) >= 11 is 0. The van der Waals surface area contributed by atoms with Crippen LogP contribution in [0.4, 0.5) is 14.5 Å². The smallest absolute Gasteiger partial charge is 0.264 e. The maximum atomic E-state index is 13.6. The van der Waals surface area contributed by atoms with E-state index in [2.05, 4.69) is 10.1 Å². The Kier molecular flexibility index (Phi) is 2.90. The van der Waals surface area contributed by atoms with Gasteiger partial charge < -0.3 is 10.3 Å². The predicted molar refractivity (Wildman–Crippen MR) is 69.5 cm³/mol. The van der Waals surface area contributed by atoms with Crippen molar-refractivity contribution in [3.63, 3.8) is 0 Å². The predicted octanol–water partition coefficient (Wildman–Crippen LogP) is 3.26. The minimum absolute atomic E-state index is 0.210. The monoisotopic (exact) mass is 273 g/mol. The highest BCUT2D eigenvalue weighted by atomic mass is 19.1. The second kappa shape index (κ2) is 4.73. The quantitative estimate of drug-likeness (QED) is 0.728. The fraction of sp³-hybridized carbons (Fsp3) is 0. The van der Waals surface area contributed by atoms with Crippen molar-refractivity contribution in [2.45, 2.75) is 0 Å². The first-order valence-corrected chi connectivity index (χ1v) is 5.79. The van der Waals surface area contributed by atoms with Gasteiger partial charge >= 0.3 is 0 Å². The van der Waals surface area contributed by atoms with Crippen molar-refractivity contribution in [2.24, 2.45) is 0 Å². The lowest BCUT2D eigenvalue weighted by molar-refractivity contribution is 0.426. The van der Waals surface area contributed by atoms with Gasteiger partial charge in [-0.2, -0.15) is 4.98 Å². The molecule has 0 amide bonds. The van der Waals surface area contributed by atoms with Crippen LogP contribution >= 0.6 is 0 Å². The lowest BCUT2D eigenvalue weighted by Gasteiger charge is -1.98. The van der Waals surface area contributed by atoms with Gasteiger partial charge in [0.25, 0.3) is 5.89 Å². The number of hydrogen-bond acceptors (Lipinski definition) is 4. The normalized spacial score (nSPS) is 10.7. The molecule has 3 rings (SSSR count). The van der Waals surface area contributed by atoms with Crippen LogP contribution in [0.3, 0.4) is 0 Å². The molecule has 1 heterocycles. The molecule has 1 aromatic heterocycles. The van der Waals surface area contributed by atoms with Crippen LogP contribution in [-0.2, 0) is 0 Å². The number of rotatable bonds is 2. The standard InChI is InChI=1S/C14H9F2N3O/c15-10-5-2-6-11(16)12(10)14-18-13(19-20-14)8-3-1-4-9(17)7-8/h1-7H,17H2. The molecule has 2 aromatic carbocycles.